The number of esters is 1. The number of rotatable bonds is 4. The average Bonchev–Trinajstić information content (AvgIpc) is 2.16. The maximum Gasteiger partial charge on any atom is 0.319 e. The van der Waals surface area contributed by atoms with Crippen LogP contribution in [0.1, 0.15) is 5.56 Å². The number of hydrogen-bond acceptors (Lipinski definition) is 3. The van der Waals surface area contributed by atoms with E-state index in [-0.39, 0.29) is 12.5 Å². The SMILES string of the molecule is COC(=O)CNCc1cc(Cl)cc(Cl)c1. The van der Waals surface area contributed by atoms with Gasteiger partial charge in [-0.15, -0.1) is 0 Å². The van der Waals surface area contributed by atoms with Crippen molar-refractivity contribution in [2.45, 2.75) is 6.54 Å². The molecule has 0 bridgehead atoms. The molecule has 1 aromatic rings. The van der Waals surface area contributed by atoms with Crippen molar-refractivity contribution in [1.82, 2.24) is 5.32 Å². The Morgan fingerprint density at radius 3 is 2.47 bits per heavy atom. The zero-order valence-electron chi connectivity index (χ0n) is 8.22. The first-order valence-electron chi connectivity index (χ1n) is 4.34. The van der Waals surface area contributed by atoms with Crippen LogP contribution in [0, 0.1) is 0 Å². The first-order chi connectivity index (χ1) is 7.11. The Morgan fingerprint density at radius 2 is 1.93 bits per heavy atom. The molecule has 0 heterocycles. The number of halogens is 2. The first-order valence-corrected chi connectivity index (χ1v) is 5.10. The summed E-state index contributed by atoms with van der Waals surface area (Å²) in [5.74, 6) is -0.303. The Bertz CT molecular complexity index is 335. The molecular weight excluding hydrogens is 237 g/mol. The number of methoxy groups -OCH3 is 1. The Labute approximate surface area is 98.3 Å². The zero-order valence-corrected chi connectivity index (χ0v) is 9.73. The van der Waals surface area contributed by atoms with Crippen LogP contribution in [0.2, 0.25) is 10.0 Å². The highest BCUT2D eigenvalue weighted by atomic mass is 35.5. The summed E-state index contributed by atoms with van der Waals surface area (Å²) in [5.41, 5.74) is 0.927. The maximum absolute atomic E-state index is 10.8. The summed E-state index contributed by atoms with van der Waals surface area (Å²) < 4.78 is 4.48. The van der Waals surface area contributed by atoms with Gasteiger partial charge in [0.05, 0.1) is 13.7 Å². The minimum absolute atomic E-state index is 0.167. The van der Waals surface area contributed by atoms with Crippen LogP contribution in [0.4, 0.5) is 0 Å². The largest absolute Gasteiger partial charge is 0.468 e. The van der Waals surface area contributed by atoms with Gasteiger partial charge < -0.3 is 10.1 Å². The highest BCUT2D eigenvalue weighted by Crippen LogP contribution is 2.18. The van der Waals surface area contributed by atoms with E-state index in [2.05, 4.69) is 10.1 Å². The number of carbonyl (C=O) groups is 1. The summed E-state index contributed by atoms with van der Waals surface area (Å²) in [6, 6.07) is 5.24. The number of carbonyl (C=O) groups excluding carboxylic acids is 1. The lowest BCUT2D eigenvalue weighted by Crippen LogP contribution is -2.23. The molecule has 0 aliphatic carbocycles. The summed E-state index contributed by atoms with van der Waals surface area (Å²) in [5, 5.41) is 4.08. The van der Waals surface area contributed by atoms with Gasteiger partial charge in [-0.3, -0.25) is 4.79 Å². The van der Waals surface area contributed by atoms with Crippen LogP contribution in [-0.4, -0.2) is 19.6 Å². The van der Waals surface area contributed by atoms with Crippen LogP contribution in [0.15, 0.2) is 18.2 Å². The second kappa shape index (κ2) is 5.95. The van der Waals surface area contributed by atoms with E-state index in [1.807, 2.05) is 0 Å². The summed E-state index contributed by atoms with van der Waals surface area (Å²) in [6.45, 7) is 0.690. The van der Waals surface area contributed by atoms with E-state index in [0.29, 0.717) is 16.6 Å². The summed E-state index contributed by atoms with van der Waals surface area (Å²) in [6.07, 6.45) is 0. The van der Waals surface area contributed by atoms with Crippen molar-refractivity contribution < 1.29 is 9.53 Å². The van der Waals surface area contributed by atoms with Crippen molar-refractivity contribution in [2.24, 2.45) is 0 Å². The molecule has 0 saturated carbocycles. The zero-order chi connectivity index (χ0) is 11.3. The molecule has 0 saturated heterocycles. The molecule has 0 radical (unpaired) electrons. The summed E-state index contributed by atoms with van der Waals surface area (Å²) >= 11 is 11.6. The quantitative estimate of drug-likeness (QED) is 0.830. The van der Waals surface area contributed by atoms with Crippen LogP contribution in [-0.2, 0) is 16.1 Å². The fourth-order valence-corrected chi connectivity index (χ4v) is 1.67. The Morgan fingerprint density at radius 1 is 1.33 bits per heavy atom. The molecule has 0 aliphatic rings. The van der Waals surface area contributed by atoms with Crippen molar-refractivity contribution in [3.05, 3.63) is 33.8 Å². The first kappa shape index (κ1) is 12.3. The molecule has 1 N–H and O–H groups in total. The lowest BCUT2D eigenvalue weighted by atomic mass is 10.2. The highest BCUT2D eigenvalue weighted by Gasteiger charge is 2.01. The smallest absolute Gasteiger partial charge is 0.319 e. The van der Waals surface area contributed by atoms with Gasteiger partial charge in [0.15, 0.2) is 0 Å². The third-order valence-corrected chi connectivity index (χ3v) is 2.18. The van der Waals surface area contributed by atoms with Gasteiger partial charge in [0, 0.05) is 16.6 Å². The Kier molecular flexibility index (Phi) is 4.88. The van der Waals surface area contributed by atoms with Crippen molar-refractivity contribution in [3.63, 3.8) is 0 Å². The van der Waals surface area contributed by atoms with Crippen LogP contribution in [0.25, 0.3) is 0 Å². The third-order valence-electron chi connectivity index (χ3n) is 1.75. The molecule has 1 rings (SSSR count). The van der Waals surface area contributed by atoms with Gasteiger partial charge in [0.1, 0.15) is 0 Å². The third kappa shape index (κ3) is 4.51. The fourth-order valence-electron chi connectivity index (χ4n) is 1.09. The molecular formula is C10H11Cl2NO2. The molecule has 1 aromatic carbocycles. The van der Waals surface area contributed by atoms with Crippen LogP contribution >= 0.6 is 23.2 Å². The lowest BCUT2D eigenvalue weighted by Gasteiger charge is -2.04. The van der Waals surface area contributed by atoms with Gasteiger partial charge in [0.2, 0.25) is 0 Å². The average molecular weight is 248 g/mol. The number of benzene rings is 1. The predicted molar refractivity (Wildman–Crippen MR) is 60.2 cm³/mol. The molecule has 15 heavy (non-hydrogen) atoms. The summed E-state index contributed by atoms with van der Waals surface area (Å²) in [7, 11) is 1.35. The van der Waals surface area contributed by atoms with Gasteiger partial charge in [-0.1, -0.05) is 23.2 Å². The monoisotopic (exact) mass is 247 g/mol. The van der Waals surface area contributed by atoms with Crippen LogP contribution in [0.5, 0.6) is 0 Å². The molecule has 0 fully saturated rings. The molecule has 0 spiro atoms. The fraction of sp³-hybridized carbons (Fsp3) is 0.300. The molecule has 0 amide bonds. The van der Waals surface area contributed by atoms with Gasteiger partial charge in [-0.25, -0.2) is 0 Å². The standard InChI is InChI=1S/C10H11Cl2NO2/c1-15-10(14)6-13-5-7-2-8(11)4-9(12)3-7/h2-4,13H,5-6H2,1H3. The summed E-state index contributed by atoms with van der Waals surface area (Å²) in [4.78, 5) is 10.8. The van der Waals surface area contributed by atoms with Gasteiger partial charge in [-0.2, -0.15) is 0 Å². The molecule has 5 heteroatoms. The maximum atomic E-state index is 10.8. The Hall–Kier alpha value is -0.770. The van der Waals surface area contributed by atoms with E-state index in [1.165, 1.54) is 7.11 Å². The van der Waals surface area contributed by atoms with E-state index in [4.69, 9.17) is 23.2 Å². The van der Waals surface area contributed by atoms with Gasteiger partial charge in [0.25, 0.3) is 0 Å². The lowest BCUT2D eigenvalue weighted by molar-refractivity contribution is -0.139. The second-order valence-corrected chi connectivity index (χ2v) is 3.83. The van der Waals surface area contributed by atoms with Gasteiger partial charge >= 0.3 is 5.97 Å². The van der Waals surface area contributed by atoms with Crippen molar-refractivity contribution in [2.75, 3.05) is 13.7 Å². The topological polar surface area (TPSA) is 38.3 Å². The molecule has 0 unspecified atom stereocenters. The minimum atomic E-state index is -0.303. The van der Waals surface area contributed by atoms with E-state index in [1.54, 1.807) is 18.2 Å². The molecule has 0 aliphatic heterocycles. The van der Waals surface area contributed by atoms with E-state index in [0.717, 1.165) is 5.56 Å². The Balaban J connectivity index is 2.47. The normalized spacial score (nSPS) is 10.1. The number of nitrogens with one attached hydrogen (secondary N) is 1. The number of ether oxygens (including phenoxy) is 1. The molecule has 0 aromatic heterocycles. The van der Waals surface area contributed by atoms with Crippen molar-refractivity contribution in [3.8, 4) is 0 Å². The van der Waals surface area contributed by atoms with E-state index < -0.39 is 0 Å². The second-order valence-electron chi connectivity index (χ2n) is 2.96. The van der Waals surface area contributed by atoms with Crippen LogP contribution in [0.3, 0.4) is 0 Å². The van der Waals surface area contributed by atoms with E-state index >= 15 is 0 Å². The van der Waals surface area contributed by atoms with Gasteiger partial charge in [-0.05, 0) is 23.8 Å². The van der Waals surface area contributed by atoms with Crippen molar-refractivity contribution in [1.29, 1.82) is 0 Å². The van der Waals surface area contributed by atoms with Crippen LogP contribution < -0.4 is 5.32 Å². The minimum Gasteiger partial charge on any atom is -0.468 e. The molecule has 0 atom stereocenters. The highest BCUT2D eigenvalue weighted by molar-refractivity contribution is 6.34. The van der Waals surface area contributed by atoms with E-state index in [9.17, 15) is 4.79 Å². The predicted octanol–water partition coefficient (Wildman–Crippen LogP) is 2.26. The van der Waals surface area contributed by atoms with Crippen molar-refractivity contribution >= 4 is 29.2 Å². The molecule has 82 valence electrons. The molecule has 3 nitrogen and oxygen atoms in total. The number of hydrogen-bond donors (Lipinski definition) is 1.